The van der Waals surface area contributed by atoms with Crippen LogP contribution in [0, 0.1) is 0 Å². The van der Waals surface area contributed by atoms with E-state index in [4.69, 9.17) is 0 Å². The molecule has 1 rings (SSSR count). The highest BCUT2D eigenvalue weighted by atomic mass is 32.2. The summed E-state index contributed by atoms with van der Waals surface area (Å²) in [6.45, 7) is 0.445. The van der Waals surface area contributed by atoms with Gasteiger partial charge in [0.1, 0.15) is 0 Å². The van der Waals surface area contributed by atoms with Gasteiger partial charge in [-0.15, -0.1) is 11.3 Å². The van der Waals surface area contributed by atoms with E-state index in [0.717, 1.165) is 11.1 Å². The molecule has 1 aromatic rings. The average molecular weight is 206 g/mol. The van der Waals surface area contributed by atoms with E-state index in [0.29, 0.717) is 13.0 Å². The lowest BCUT2D eigenvalue weighted by Crippen LogP contribution is -2.23. The summed E-state index contributed by atoms with van der Waals surface area (Å²) in [5, 5.41) is 0. The molecule has 1 heterocycles. The minimum Gasteiger partial charge on any atom is -0.253 e. The second kappa shape index (κ2) is 3.97. The molecule has 6 heteroatoms. The molecule has 4 nitrogen and oxygen atoms in total. The summed E-state index contributed by atoms with van der Waals surface area (Å²) in [6, 6.07) is 0. The Hall–Kier alpha value is -0.460. The van der Waals surface area contributed by atoms with Gasteiger partial charge in [-0.3, -0.25) is 4.98 Å². The summed E-state index contributed by atoms with van der Waals surface area (Å²) in [4.78, 5) is 4.97. The molecular formula is C6H10N2O2S2. The molecule has 0 aliphatic rings. The van der Waals surface area contributed by atoms with Crippen LogP contribution in [-0.4, -0.2) is 26.2 Å². The summed E-state index contributed by atoms with van der Waals surface area (Å²) in [7, 11) is -3.04. The number of nitrogens with one attached hydrogen (secondary N) is 1. The first-order valence-corrected chi connectivity index (χ1v) is 6.17. The molecule has 0 aromatic carbocycles. The van der Waals surface area contributed by atoms with Crippen LogP contribution in [0.3, 0.4) is 0 Å². The van der Waals surface area contributed by atoms with Crippen LogP contribution in [0.4, 0.5) is 0 Å². The van der Waals surface area contributed by atoms with E-state index in [1.807, 2.05) is 0 Å². The summed E-state index contributed by atoms with van der Waals surface area (Å²) in [5.41, 5.74) is 1.73. The summed E-state index contributed by atoms with van der Waals surface area (Å²) >= 11 is 1.53. The van der Waals surface area contributed by atoms with Crippen molar-refractivity contribution in [2.75, 3.05) is 12.8 Å². The zero-order valence-electron chi connectivity index (χ0n) is 6.65. The van der Waals surface area contributed by atoms with Gasteiger partial charge in [-0.1, -0.05) is 0 Å². The van der Waals surface area contributed by atoms with Gasteiger partial charge in [0.25, 0.3) is 0 Å². The predicted octanol–water partition coefficient (Wildman–Crippen LogP) is 0.235. The maximum Gasteiger partial charge on any atom is 0.208 e. The van der Waals surface area contributed by atoms with E-state index in [9.17, 15) is 8.42 Å². The van der Waals surface area contributed by atoms with Crippen molar-refractivity contribution in [2.24, 2.45) is 0 Å². The lowest BCUT2D eigenvalue weighted by Gasteiger charge is -1.98. The lowest BCUT2D eigenvalue weighted by molar-refractivity contribution is 0.588. The molecule has 1 aromatic heterocycles. The molecule has 1 N–H and O–H groups in total. The molecule has 0 atom stereocenters. The average Bonchev–Trinajstić information content (AvgIpc) is 2.36. The Morgan fingerprint density at radius 2 is 2.42 bits per heavy atom. The smallest absolute Gasteiger partial charge is 0.208 e. The molecule has 12 heavy (non-hydrogen) atoms. The number of hydrogen-bond acceptors (Lipinski definition) is 4. The van der Waals surface area contributed by atoms with E-state index in [1.54, 1.807) is 11.7 Å². The summed E-state index contributed by atoms with van der Waals surface area (Å²) < 4.78 is 23.7. The second-order valence-electron chi connectivity index (χ2n) is 2.38. The fourth-order valence-electron chi connectivity index (χ4n) is 0.725. The Kier molecular flexibility index (Phi) is 3.19. The van der Waals surface area contributed by atoms with Crippen molar-refractivity contribution >= 4 is 21.4 Å². The molecule has 0 aliphatic carbocycles. The number of aromatic nitrogens is 1. The Morgan fingerprint density at radius 3 is 2.92 bits per heavy atom. The highest BCUT2D eigenvalue weighted by Gasteiger charge is 2.00. The number of rotatable bonds is 4. The number of sulfonamides is 1. The maximum atomic E-state index is 10.6. The van der Waals surface area contributed by atoms with Gasteiger partial charge in [0.05, 0.1) is 11.8 Å². The Labute approximate surface area is 75.7 Å². The maximum absolute atomic E-state index is 10.6. The molecule has 0 amide bonds. The standard InChI is InChI=1S/C6H10N2O2S2/c1-12(9,10)8-3-2-6-4-7-5-11-6/h4-5,8H,2-3H2,1H3. The van der Waals surface area contributed by atoms with Gasteiger partial charge in [-0.25, -0.2) is 13.1 Å². The molecule has 68 valence electrons. The Balaban J connectivity index is 2.29. The van der Waals surface area contributed by atoms with E-state index < -0.39 is 10.0 Å². The molecular weight excluding hydrogens is 196 g/mol. The third-order valence-electron chi connectivity index (χ3n) is 1.22. The van der Waals surface area contributed by atoms with Crippen LogP contribution in [0.5, 0.6) is 0 Å². The normalized spacial score (nSPS) is 11.8. The minimum absolute atomic E-state index is 0.445. The van der Waals surface area contributed by atoms with Crippen LogP contribution in [0.2, 0.25) is 0 Å². The fraction of sp³-hybridized carbons (Fsp3) is 0.500. The summed E-state index contributed by atoms with van der Waals surface area (Å²) in [6.07, 6.45) is 3.60. The van der Waals surface area contributed by atoms with Crippen LogP contribution in [-0.2, 0) is 16.4 Å². The predicted molar refractivity (Wildman–Crippen MR) is 48.7 cm³/mol. The van der Waals surface area contributed by atoms with Gasteiger partial charge in [-0.05, 0) is 6.42 Å². The molecule has 0 aliphatic heterocycles. The lowest BCUT2D eigenvalue weighted by atomic mass is 10.4. The molecule has 0 fully saturated rings. The molecule has 0 saturated heterocycles. The quantitative estimate of drug-likeness (QED) is 0.767. The van der Waals surface area contributed by atoms with Crippen molar-refractivity contribution in [3.63, 3.8) is 0 Å². The second-order valence-corrected chi connectivity index (χ2v) is 5.19. The van der Waals surface area contributed by atoms with Crippen molar-refractivity contribution < 1.29 is 8.42 Å². The first-order valence-electron chi connectivity index (χ1n) is 3.40. The van der Waals surface area contributed by atoms with Gasteiger partial charge in [0.15, 0.2) is 0 Å². The Morgan fingerprint density at radius 1 is 1.67 bits per heavy atom. The van der Waals surface area contributed by atoms with Crippen molar-refractivity contribution in [3.8, 4) is 0 Å². The van der Waals surface area contributed by atoms with Crippen molar-refractivity contribution in [3.05, 3.63) is 16.6 Å². The first kappa shape index (κ1) is 9.63. The van der Waals surface area contributed by atoms with Crippen molar-refractivity contribution in [1.82, 2.24) is 9.71 Å². The number of nitrogens with zero attached hydrogens (tertiary/aromatic N) is 1. The van der Waals surface area contributed by atoms with Crippen molar-refractivity contribution in [1.29, 1.82) is 0 Å². The van der Waals surface area contributed by atoms with E-state index in [1.165, 1.54) is 11.3 Å². The largest absolute Gasteiger partial charge is 0.253 e. The highest BCUT2D eigenvalue weighted by molar-refractivity contribution is 7.88. The Bertz CT molecular complexity index is 317. The molecule has 0 radical (unpaired) electrons. The van der Waals surface area contributed by atoms with Crippen molar-refractivity contribution in [2.45, 2.75) is 6.42 Å². The van der Waals surface area contributed by atoms with Gasteiger partial charge in [0.2, 0.25) is 10.0 Å². The number of hydrogen-bond donors (Lipinski definition) is 1. The third-order valence-corrected chi connectivity index (χ3v) is 2.79. The van der Waals surface area contributed by atoms with Crippen LogP contribution < -0.4 is 4.72 Å². The van der Waals surface area contributed by atoms with Crippen LogP contribution in [0.1, 0.15) is 4.88 Å². The van der Waals surface area contributed by atoms with Crippen LogP contribution in [0.15, 0.2) is 11.7 Å². The van der Waals surface area contributed by atoms with Crippen LogP contribution in [0.25, 0.3) is 0 Å². The fourth-order valence-corrected chi connectivity index (χ4v) is 1.80. The van der Waals surface area contributed by atoms with Gasteiger partial charge in [0, 0.05) is 17.6 Å². The summed E-state index contributed by atoms with van der Waals surface area (Å²) in [5.74, 6) is 0. The molecule has 0 bridgehead atoms. The topological polar surface area (TPSA) is 59.1 Å². The third kappa shape index (κ3) is 3.80. The SMILES string of the molecule is CS(=O)(=O)NCCc1cncs1. The van der Waals surface area contributed by atoms with Gasteiger partial charge >= 0.3 is 0 Å². The minimum atomic E-state index is -3.04. The van der Waals surface area contributed by atoms with Gasteiger partial charge < -0.3 is 0 Å². The zero-order chi connectivity index (χ0) is 9.03. The molecule has 0 spiro atoms. The number of thiazole rings is 1. The van der Waals surface area contributed by atoms with Crippen LogP contribution >= 0.6 is 11.3 Å². The molecule has 0 unspecified atom stereocenters. The highest BCUT2D eigenvalue weighted by Crippen LogP contribution is 2.04. The first-order chi connectivity index (χ1) is 5.58. The van der Waals surface area contributed by atoms with E-state index in [2.05, 4.69) is 9.71 Å². The van der Waals surface area contributed by atoms with E-state index >= 15 is 0 Å². The van der Waals surface area contributed by atoms with E-state index in [-0.39, 0.29) is 0 Å². The molecule has 0 saturated carbocycles. The zero-order valence-corrected chi connectivity index (χ0v) is 8.28. The van der Waals surface area contributed by atoms with Gasteiger partial charge in [-0.2, -0.15) is 0 Å². The monoisotopic (exact) mass is 206 g/mol.